The van der Waals surface area contributed by atoms with Gasteiger partial charge in [-0.2, -0.15) is 5.10 Å². The molecule has 0 radical (unpaired) electrons. The summed E-state index contributed by atoms with van der Waals surface area (Å²) in [5, 5.41) is 4.17. The average molecular weight is 304 g/mol. The van der Waals surface area contributed by atoms with Gasteiger partial charge in [-0.05, 0) is 27.3 Å². The first-order chi connectivity index (χ1) is 9.38. The van der Waals surface area contributed by atoms with Gasteiger partial charge in [-0.1, -0.05) is 0 Å². The molecule has 0 bridgehead atoms. The van der Waals surface area contributed by atoms with E-state index in [2.05, 4.69) is 5.10 Å². The predicted octanol–water partition coefficient (Wildman–Crippen LogP) is 1.45. The molecule has 1 aliphatic heterocycles. The lowest BCUT2D eigenvalue weighted by Crippen LogP contribution is -2.39. The van der Waals surface area contributed by atoms with E-state index >= 15 is 0 Å². The summed E-state index contributed by atoms with van der Waals surface area (Å²) < 4.78 is 37.5. The van der Waals surface area contributed by atoms with E-state index in [9.17, 15) is 13.2 Å². The summed E-state index contributed by atoms with van der Waals surface area (Å²) in [5.74, 6) is 0. The molecule has 8 heteroatoms. The second-order valence-corrected chi connectivity index (χ2v) is 6.39. The number of alkyl halides is 1. The van der Waals surface area contributed by atoms with Crippen LogP contribution >= 0.6 is 0 Å². The maximum atomic E-state index is 13.4. The van der Waals surface area contributed by atoms with Gasteiger partial charge in [-0.3, -0.25) is 18.4 Å². The SMILES string of the molecule is CC(C)n1cc(N(C[C@@H]2C[C@@H](F)CN2C)S(=O)O)cn1. The van der Waals surface area contributed by atoms with Gasteiger partial charge in [0.25, 0.3) is 11.3 Å². The fourth-order valence-corrected chi connectivity index (χ4v) is 2.99. The second kappa shape index (κ2) is 6.19. The number of hydrogen-bond acceptors (Lipinski definition) is 3. The molecule has 1 aromatic rings. The zero-order valence-corrected chi connectivity index (χ0v) is 12.8. The number of rotatable bonds is 5. The van der Waals surface area contributed by atoms with Crippen molar-refractivity contribution in [2.75, 3.05) is 24.4 Å². The first-order valence-corrected chi connectivity index (χ1v) is 7.71. The fraction of sp³-hybridized carbons (Fsp3) is 0.750. The van der Waals surface area contributed by atoms with Crippen LogP contribution < -0.4 is 4.31 Å². The molecule has 2 rings (SSSR count). The molecule has 1 aromatic heterocycles. The summed E-state index contributed by atoms with van der Waals surface area (Å²) in [6, 6.07) is 0.116. The highest BCUT2D eigenvalue weighted by Crippen LogP contribution is 2.23. The maximum absolute atomic E-state index is 13.4. The Hall–Kier alpha value is -0.990. The van der Waals surface area contributed by atoms with Crippen molar-refractivity contribution in [2.45, 2.75) is 38.5 Å². The van der Waals surface area contributed by atoms with Crippen LogP contribution in [0.4, 0.5) is 10.1 Å². The van der Waals surface area contributed by atoms with Gasteiger partial charge < -0.3 is 0 Å². The standard InChI is InChI=1S/C12H21FN4O2S/c1-9(2)16-7-12(5-14-16)17(20(18)19)8-11-4-10(13)6-15(11)3/h5,7,9-11H,4,6,8H2,1-3H3,(H,18,19)/t10-,11+/m1/s1. The van der Waals surface area contributed by atoms with Crippen LogP contribution in [0.5, 0.6) is 0 Å². The topological polar surface area (TPSA) is 61.6 Å². The fourth-order valence-electron chi connectivity index (χ4n) is 2.42. The van der Waals surface area contributed by atoms with Gasteiger partial charge in [0.1, 0.15) is 6.17 Å². The molecule has 114 valence electrons. The second-order valence-electron chi connectivity index (χ2n) is 5.49. The van der Waals surface area contributed by atoms with E-state index in [4.69, 9.17) is 0 Å². The summed E-state index contributed by atoms with van der Waals surface area (Å²) >= 11 is -2.15. The lowest BCUT2D eigenvalue weighted by atomic mass is 10.2. The van der Waals surface area contributed by atoms with Crippen molar-refractivity contribution in [1.29, 1.82) is 0 Å². The molecule has 1 saturated heterocycles. The Morgan fingerprint density at radius 2 is 2.35 bits per heavy atom. The summed E-state index contributed by atoms with van der Waals surface area (Å²) in [6.07, 6.45) is 2.83. The van der Waals surface area contributed by atoms with Gasteiger partial charge in [0.15, 0.2) is 0 Å². The monoisotopic (exact) mass is 304 g/mol. The quantitative estimate of drug-likeness (QED) is 0.836. The Kier molecular flexibility index (Phi) is 4.77. The Morgan fingerprint density at radius 3 is 2.80 bits per heavy atom. The number of nitrogens with zero attached hydrogens (tertiary/aromatic N) is 4. The number of likely N-dealkylation sites (tertiary alicyclic amines) is 1. The molecule has 0 aromatic carbocycles. The lowest BCUT2D eigenvalue weighted by molar-refractivity contribution is 0.297. The van der Waals surface area contributed by atoms with Crippen molar-refractivity contribution in [3.8, 4) is 0 Å². The van der Waals surface area contributed by atoms with Crippen LogP contribution in [0.2, 0.25) is 0 Å². The van der Waals surface area contributed by atoms with Crippen LogP contribution in [0.25, 0.3) is 0 Å². The van der Waals surface area contributed by atoms with E-state index in [1.54, 1.807) is 17.1 Å². The van der Waals surface area contributed by atoms with E-state index in [1.807, 2.05) is 25.8 Å². The maximum Gasteiger partial charge on any atom is 0.261 e. The molecule has 0 amide bonds. The predicted molar refractivity (Wildman–Crippen MR) is 76.7 cm³/mol. The van der Waals surface area contributed by atoms with E-state index < -0.39 is 17.4 Å². The number of likely N-dealkylation sites (N-methyl/N-ethyl adjacent to an activating group) is 1. The Morgan fingerprint density at radius 1 is 1.65 bits per heavy atom. The summed E-state index contributed by atoms with van der Waals surface area (Å²) in [7, 11) is 1.83. The molecular weight excluding hydrogens is 283 g/mol. The molecule has 6 nitrogen and oxygen atoms in total. The smallest absolute Gasteiger partial charge is 0.261 e. The molecule has 2 heterocycles. The van der Waals surface area contributed by atoms with E-state index in [0.717, 1.165) is 0 Å². The highest BCUT2D eigenvalue weighted by molar-refractivity contribution is 7.80. The largest absolute Gasteiger partial charge is 0.299 e. The molecule has 20 heavy (non-hydrogen) atoms. The summed E-state index contributed by atoms with van der Waals surface area (Å²) in [6.45, 7) is 4.65. The van der Waals surface area contributed by atoms with Gasteiger partial charge in [0.2, 0.25) is 0 Å². The number of halogens is 1. The summed E-state index contributed by atoms with van der Waals surface area (Å²) in [5.41, 5.74) is 0.579. The third-order valence-corrected chi connectivity index (χ3v) is 4.34. The highest BCUT2D eigenvalue weighted by Gasteiger charge is 2.32. The average Bonchev–Trinajstić information content (AvgIpc) is 2.93. The van der Waals surface area contributed by atoms with Crippen LogP contribution in [0.1, 0.15) is 26.3 Å². The van der Waals surface area contributed by atoms with Gasteiger partial charge in [-0.25, -0.2) is 8.60 Å². The molecule has 1 aliphatic rings. The van der Waals surface area contributed by atoms with Gasteiger partial charge in [0, 0.05) is 31.4 Å². The molecule has 1 unspecified atom stereocenters. The van der Waals surface area contributed by atoms with Gasteiger partial charge in [-0.15, -0.1) is 0 Å². The highest BCUT2D eigenvalue weighted by atomic mass is 32.2. The van der Waals surface area contributed by atoms with Crippen LogP contribution in [0.3, 0.4) is 0 Å². The molecule has 3 atom stereocenters. The van der Waals surface area contributed by atoms with Crippen molar-refractivity contribution >= 4 is 17.0 Å². The van der Waals surface area contributed by atoms with Crippen LogP contribution in [-0.4, -0.2) is 55.8 Å². The Bertz CT molecular complexity index is 482. The van der Waals surface area contributed by atoms with Gasteiger partial charge >= 0.3 is 0 Å². The van der Waals surface area contributed by atoms with Gasteiger partial charge in [0.05, 0.1) is 11.9 Å². The lowest BCUT2D eigenvalue weighted by Gasteiger charge is -2.25. The molecular formula is C12H21FN4O2S. The zero-order valence-electron chi connectivity index (χ0n) is 11.9. The molecule has 0 aliphatic carbocycles. The van der Waals surface area contributed by atoms with Crippen LogP contribution in [0, 0.1) is 0 Å². The van der Waals surface area contributed by atoms with Crippen molar-refractivity contribution in [2.24, 2.45) is 0 Å². The molecule has 1 fully saturated rings. The first kappa shape index (κ1) is 15.4. The first-order valence-electron chi connectivity index (χ1n) is 6.65. The minimum absolute atomic E-state index is 0.0662. The van der Waals surface area contributed by atoms with Crippen molar-refractivity contribution in [3.63, 3.8) is 0 Å². The number of hydrogen-bond donors (Lipinski definition) is 1. The number of aromatic nitrogens is 2. The van der Waals surface area contributed by atoms with E-state index in [0.29, 0.717) is 25.2 Å². The minimum Gasteiger partial charge on any atom is -0.299 e. The van der Waals surface area contributed by atoms with E-state index in [1.165, 1.54) is 4.31 Å². The molecule has 0 spiro atoms. The van der Waals surface area contributed by atoms with Crippen LogP contribution in [-0.2, 0) is 11.3 Å². The molecule has 0 saturated carbocycles. The van der Waals surface area contributed by atoms with Crippen molar-refractivity contribution in [1.82, 2.24) is 14.7 Å². The Labute approximate surface area is 121 Å². The van der Waals surface area contributed by atoms with Crippen molar-refractivity contribution < 1.29 is 13.2 Å². The Balaban J connectivity index is 2.12. The minimum atomic E-state index is -2.15. The zero-order chi connectivity index (χ0) is 14.9. The third kappa shape index (κ3) is 3.36. The summed E-state index contributed by atoms with van der Waals surface area (Å²) in [4.78, 5) is 1.89. The van der Waals surface area contributed by atoms with Crippen molar-refractivity contribution in [3.05, 3.63) is 12.4 Å². The van der Waals surface area contributed by atoms with Crippen LogP contribution in [0.15, 0.2) is 12.4 Å². The third-order valence-electron chi connectivity index (χ3n) is 3.61. The van der Waals surface area contributed by atoms with E-state index in [-0.39, 0.29) is 12.1 Å². The number of anilines is 1. The molecule has 1 N–H and O–H groups in total. The normalized spacial score (nSPS) is 25.3.